The van der Waals surface area contributed by atoms with E-state index in [-0.39, 0.29) is 24.1 Å². The highest BCUT2D eigenvalue weighted by atomic mass is 16.2. The van der Waals surface area contributed by atoms with Crippen LogP contribution in [-0.4, -0.2) is 24.3 Å². The standard InChI is InChI=1S/C24H29N3O3/c1-4-17-5-11-21(12-6-17)27-15-18(14-23(27)29)24(30)26-20-9-7-19(8-10-20)25-22(28)13-16(2)3/h5-12,16,18H,4,13-15H2,1-3H3,(H,25,28)(H,26,30). The second-order valence-corrected chi connectivity index (χ2v) is 8.14. The van der Waals surface area contributed by atoms with Gasteiger partial charge in [-0.2, -0.15) is 0 Å². The molecule has 0 aromatic heterocycles. The SMILES string of the molecule is CCc1ccc(N2CC(C(=O)Nc3ccc(NC(=O)CC(C)C)cc3)CC2=O)cc1. The van der Waals surface area contributed by atoms with Crippen molar-refractivity contribution in [3.05, 3.63) is 54.1 Å². The van der Waals surface area contributed by atoms with Gasteiger partial charge in [-0.15, -0.1) is 0 Å². The zero-order chi connectivity index (χ0) is 21.7. The predicted octanol–water partition coefficient (Wildman–Crippen LogP) is 4.23. The van der Waals surface area contributed by atoms with Gasteiger partial charge in [0.25, 0.3) is 0 Å². The van der Waals surface area contributed by atoms with Gasteiger partial charge in [0.1, 0.15) is 0 Å². The van der Waals surface area contributed by atoms with Crippen LogP contribution < -0.4 is 15.5 Å². The third kappa shape index (κ3) is 5.47. The molecule has 0 bridgehead atoms. The maximum Gasteiger partial charge on any atom is 0.229 e. The summed E-state index contributed by atoms with van der Waals surface area (Å²) in [6, 6.07) is 14.9. The Hall–Kier alpha value is -3.15. The molecule has 6 heteroatoms. The number of anilines is 3. The Balaban J connectivity index is 1.57. The van der Waals surface area contributed by atoms with Gasteiger partial charge in [0, 0.05) is 36.4 Å². The molecule has 1 fully saturated rings. The molecule has 30 heavy (non-hydrogen) atoms. The Morgan fingerprint density at radius 1 is 1.00 bits per heavy atom. The van der Waals surface area contributed by atoms with E-state index in [0.29, 0.717) is 30.3 Å². The van der Waals surface area contributed by atoms with Crippen LogP contribution in [0.25, 0.3) is 0 Å². The largest absolute Gasteiger partial charge is 0.326 e. The number of rotatable bonds is 7. The van der Waals surface area contributed by atoms with Crippen LogP contribution >= 0.6 is 0 Å². The van der Waals surface area contributed by atoms with Crippen molar-refractivity contribution < 1.29 is 14.4 Å². The van der Waals surface area contributed by atoms with Crippen molar-refractivity contribution >= 4 is 34.8 Å². The van der Waals surface area contributed by atoms with Crippen molar-refractivity contribution in [2.45, 2.75) is 40.0 Å². The van der Waals surface area contributed by atoms with E-state index in [0.717, 1.165) is 12.1 Å². The second-order valence-electron chi connectivity index (χ2n) is 8.14. The lowest BCUT2D eigenvalue weighted by molar-refractivity contribution is -0.122. The van der Waals surface area contributed by atoms with Crippen LogP contribution in [0, 0.1) is 11.8 Å². The maximum absolute atomic E-state index is 12.7. The van der Waals surface area contributed by atoms with E-state index in [1.807, 2.05) is 38.1 Å². The number of amides is 3. The maximum atomic E-state index is 12.7. The molecular formula is C24H29N3O3. The number of hydrogen-bond acceptors (Lipinski definition) is 3. The first-order chi connectivity index (χ1) is 14.4. The Morgan fingerprint density at radius 2 is 1.60 bits per heavy atom. The lowest BCUT2D eigenvalue weighted by atomic mass is 10.1. The smallest absolute Gasteiger partial charge is 0.229 e. The van der Waals surface area contributed by atoms with Crippen molar-refractivity contribution in [2.75, 3.05) is 22.1 Å². The molecule has 2 N–H and O–H groups in total. The molecule has 1 aliphatic rings. The van der Waals surface area contributed by atoms with Crippen LogP contribution in [0.4, 0.5) is 17.1 Å². The highest BCUT2D eigenvalue weighted by molar-refractivity contribution is 6.03. The van der Waals surface area contributed by atoms with Gasteiger partial charge < -0.3 is 15.5 Å². The summed E-state index contributed by atoms with van der Waals surface area (Å²) in [7, 11) is 0. The van der Waals surface area contributed by atoms with Crippen molar-refractivity contribution in [1.29, 1.82) is 0 Å². The van der Waals surface area contributed by atoms with Crippen molar-refractivity contribution in [3.8, 4) is 0 Å². The molecule has 1 unspecified atom stereocenters. The third-order valence-corrected chi connectivity index (χ3v) is 5.18. The van der Waals surface area contributed by atoms with Crippen LogP contribution in [0.15, 0.2) is 48.5 Å². The number of carbonyl (C=O) groups is 3. The normalized spacial score (nSPS) is 16.1. The molecule has 158 valence electrons. The van der Waals surface area contributed by atoms with E-state index in [9.17, 15) is 14.4 Å². The van der Waals surface area contributed by atoms with Gasteiger partial charge in [-0.05, 0) is 54.3 Å². The third-order valence-electron chi connectivity index (χ3n) is 5.18. The van der Waals surface area contributed by atoms with E-state index in [4.69, 9.17) is 0 Å². The Morgan fingerprint density at radius 3 is 2.17 bits per heavy atom. The number of aryl methyl sites for hydroxylation is 1. The quantitative estimate of drug-likeness (QED) is 0.721. The van der Waals surface area contributed by atoms with Crippen molar-refractivity contribution in [2.24, 2.45) is 11.8 Å². The van der Waals surface area contributed by atoms with Crippen LogP contribution in [-0.2, 0) is 20.8 Å². The molecule has 1 aliphatic heterocycles. The molecule has 1 saturated heterocycles. The monoisotopic (exact) mass is 407 g/mol. The fourth-order valence-electron chi connectivity index (χ4n) is 3.51. The number of nitrogens with zero attached hydrogens (tertiary/aromatic N) is 1. The van der Waals surface area contributed by atoms with Crippen LogP contribution in [0.1, 0.15) is 39.2 Å². The van der Waals surface area contributed by atoms with Gasteiger partial charge in [0.2, 0.25) is 17.7 Å². The average Bonchev–Trinajstić information content (AvgIpc) is 3.11. The first-order valence-electron chi connectivity index (χ1n) is 10.5. The summed E-state index contributed by atoms with van der Waals surface area (Å²) < 4.78 is 0. The van der Waals surface area contributed by atoms with Crippen LogP contribution in [0.2, 0.25) is 0 Å². The minimum absolute atomic E-state index is 0.0293. The number of benzene rings is 2. The molecule has 1 atom stereocenters. The van der Waals surface area contributed by atoms with E-state index >= 15 is 0 Å². The Bertz CT molecular complexity index is 904. The summed E-state index contributed by atoms with van der Waals surface area (Å²) in [5.41, 5.74) is 3.37. The summed E-state index contributed by atoms with van der Waals surface area (Å²) >= 11 is 0. The number of nitrogens with one attached hydrogen (secondary N) is 2. The van der Waals surface area contributed by atoms with Gasteiger partial charge >= 0.3 is 0 Å². The molecule has 1 heterocycles. The zero-order valence-corrected chi connectivity index (χ0v) is 17.8. The summed E-state index contributed by atoms with van der Waals surface area (Å²) in [5, 5.41) is 5.72. The molecule has 0 saturated carbocycles. The molecule has 2 aromatic carbocycles. The molecule has 3 rings (SSSR count). The summed E-state index contributed by atoms with van der Waals surface area (Å²) in [5.74, 6) is -0.343. The summed E-state index contributed by atoms with van der Waals surface area (Å²) in [4.78, 5) is 38.6. The zero-order valence-electron chi connectivity index (χ0n) is 17.8. The molecule has 6 nitrogen and oxygen atoms in total. The van der Waals surface area contributed by atoms with Gasteiger partial charge in [0.05, 0.1) is 5.92 Å². The predicted molar refractivity (Wildman–Crippen MR) is 119 cm³/mol. The highest BCUT2D eigenvalue weighted by Crippen LogP contribution is 2.26. The minimum Gasteiger partial charge on any atom is -0.326 e. The van der Waals surface area contributed by atoms with Gasteiger partial charge in [-0.25, -0.2) is 0 Å². The highest BCUT2D eigenvalue weighted by Gasteiger charge is 2.35. The summed E-state index contributed by atoms with van der Waals surface area (Å²) in [6.45, 7) is 6.45. The minimum atomic E-state index is -0.395. The van der Waals surface area contributed by atoms with Crippen molar-refractivity contribution in [1.82, 2.24) is 0 Å². The number of carbonyl (C=O) groups excluding carboxylic acids is 3. The first kappa shape index (κ1) is 21.6. The Labute approximate surface area is 177 Å². The van der Waals surface area contributed by atoms with Crippen molar-refractivity contribution in [3.63, 3.8) is 0 Å². The fraction of sp³-hybridized carbons (Fsp3) is 0.375. The average molecular weight is 408 g/mol. The lowest BCUT2D eigenvalue weighted by Gasteiger charge is -2.17. The van der Waals surface area contributed by atoms with Gasteiger partial charge in [0.15, 0.2) is 0 Å². The van der Waals surface area contributed by atoms with E-state index in [1.165, 1.54) is 5.56 Å². The van der Waals surface area contributed by atoms with E-state index in [2.05, 4.69) is 17.6 Å². The molecule has 0 spiro atoms. The first-order valence-corrected chi connectivity index (χ1v) is 10.5. The van der Waals surface area contributed by atoms with Crippen LogP contribution in [0.5, 0.6) is 0 Å². The molecule has 0 aliphatic carbocycles. The van der Waals surface area contributed by atoms with Gasteiger partial charge in [-0.3, -0.25) is 14.4 Å². The lowest BCUT2D eigenvalue weighted by Crippen LogP contribution is -2.28. The van der Waals surface area contributed by atoms with Crippen LogP contribution in [0.3, 0.4) is 0 Å². The molecular weight excluding hydrogens is 378 g/mol. The van der Waals surface area contributed by atoms with E-state index < -0.39 is 5.92 Å². The molecule has 0 radical (unpaired) electrons. The summed E-state index contributed by atoms with van der Waals surface area (Å²) in [6.07, 6.45) is 1.61. The topological polar surface area (TPSA) is 78.5 Å². The second kappa shape index (κ2) is 9.57. The van der Waals surface area contributed by atoms with Gasteiger partial charge in [-0.1, -0.05) is 32.9 Å². The van der Waals surface area contributed by atoms with E-state index in [1.54, 1.807) is 29.2 Å². The Kier molecular flexibility index (Phi) is 6.87. The molecule has 3 amide bonds. The molecule has 2 aromatic rings. The number of hydrogen-bond donors (Lipinski definition) is 2. The fourth-order valence-corrected chi connectivity index (χ4v) is 3.51.